The van der Waals surface area contributed by atoms with E-state index in [1.807, 2.05) is 35.8 Å². The molecule has 2 rings (SSSR count). The molecule has 0 aliphatic rings. The van der Waals surface area contributed by atoms with Gasteiger partial charge in [0, 0.05) is 25.1 Å². The van der Waals surface area contributed by atoms with Crippen LogP contribution in [0.4, 0.5) is 0 Å². The molecule has 2 aromatic rings. The molecule has 0 unspecified atom stereocenters. The first-order valence-corrected chi connectivity index (χ1v) is 9.07. The van der Waals surface area contributed by atoms with Crippen LogP contribution in [-0.2, 0) is 11.3 Å². The Balaban J connectivity index is 2.01. The fraction of sp³-hybridized carbons (Fsp3) is 0.500. The maximum Gasteiger partial charge on any atom is 0.221 e. The van der Waals surface area contributed by atoms with Crippen molar-refractivity contribution in [1.82, 2.24) is 20.1 Å². The third-order valence-electron chi connectivity index (χ3n) is 3.79. The highest BCUT2D eigenvalue weighted by Gasteiger charge is 2.11. The molecule has 0 aliphatic heterocycles. The Kier molecular flexibility index (Phi) is 7.18. The molecule has 0 aliphatic carbocycles. The van der Waals surface area contributed by atoms with Gasteiger partial charge in [-0.25, -0.2) is 0 Å². The quantitative estimate of drug-likeness (QED) is 0.669. The van der Waals surface area contributed by atoms with Crippen LogP contribution >= 0.6 is 12.2 Å². The Hall–Kier alpha value is -2.15. The van der Waals surface area contributed by atoms with Gasteiger partial charge in [-0.3, -0.25) is 14.5 Å². The van der Waals surface area contributed by atoms with Gasteiger partial charge in [-0.1, -0.05) is 13.8 Å². The number of nitrogens with zero attached hydrogens (tertiary/aromatic N) is 2. The second-order valence-corrected chi connectivity index (χ2v) is 6.63. The number of carbonyl (C=O) groups excluding carboxylic acids is 1. The van der Waals surface area contributed by atoms with Gasteiger partial charge >= 0.3 is 0 Å². The standard InChI is InChI=1S/C18H26N4O2S/c1-4-24-15-7-5-14(6-8-15)17-20-21-18(25)22(17)12-10-16(23)19-11-9-13(2)3/h5-8,13H,4,9-12H2,1-3H3,(H,19,23)(H,21,25). The predicted octanol–water partition coefficient (Wildman–Crippen LogP) is 3.56. The molecule has 0 atom stereocenters. The van der Waals surface area contributed by atoms with Crippen LogP contribution in [0.25, 0.3) is 11.4 Å². The predicted molar refractivity (Wildman–Crippen MR) is 101 cm³/mol. The minimum atomic E-state index is 0.0291. The van der Waals surface area contributed by atoms with Gasteiger partial charge in [0.15, 0.2) is 10.6 Å². The summed E-state index contributed by atoms with van der Waals surface area (Å²) in [6, 6.07) is 7.68. The van der Waals surface area contributed by atoms with Crippen molar-refractivity contribution in [2.45, 2.75) is 40.2 Å². The maximum atomic E-state index is 12.0. The van der Waals surface area contributed by atoms with Gasteiger partial charge in [0.1, 0.15) is 5.75 Å². The summed E-state index contributed by atoms with van der Waals surface area (Å²) in [5.41, 5.74) is 0.927. The van der Waals surface area contributed by atoms with Gasteiger partial charge in [0.05, 0.1) is 6.61 Å². The van der Waals surface area contributed by atoms with Crippen molar-refractivity contribution >= 4 is 18.1 Å². The minimum Gasteiger partial charge on any atom is -0.494 e. The Bertz CT molecular complexity index is 734. The first-order chi connectivity index (χ1) is 12.0. The summed E-state index contributed by atoms with van der Waals surface area (Å²) in [7, 11) is 0. The zero-order valence-corrected chi connectivity index (χ0v) is 15.9. The zero-order chi connectivity index (χ0) is 18.2. The van der Waals surface area contributed by atoms with E-state index >= 15 is 0 Å². The van der Waals surface area contributed by atoms with Gasteiger partial charge < -0.3 is 10.1 Å². The Morgan fingerprint density at radius 2 is 2.08 bits per heavy atom. The van der Waals surface area contributed by atoms with E-state index in [0.29, 0.717) is 36.8 Å². The van der Waals surface area contributed by atoms with E-state index in [-0.39, 0.29) is 5.91 Å². The number of nitrogens with one attached hydrogen (secondary N) is 2. The van der Waals surface area contributed by atoms with Crippen molar-refractivity contribution in [2.75, 3.05) is 13.2 Å². The summed E-state index contributed by atoms with van der Waals surface area (Å²) in [5.74, 6) is 2.15. The van der Waals surface area contributed by atoms with Gasteiger partial charge in [0.25, 0.3) is 0 Å². The number of ether oxygens (including phenoxy) is 1. The van der Waals surface area contributed by atoms with Crippen molar-refractivity contribution in [3.63, 3.8) is 0 Å². The summed E-state index contributed by atoms with van der Waals surface area (Å²) >= 11 is 5.30. The van der Waals surface area contributed by atoms with Crippen molar-refractivity contribution in [3.8, 4) is 17.1 Å². The highest BCUT2D eigenvalue weighted by molar-refractivity contribution is 7.71. The number of rotatable bonds is 9. The molecule has 0 radical (unpaired) electrons. The number of aromatic nitrogens is 3. The van der Waals surface area contributed by atoms with Gasteiger partial charge in [-0.05, 0) is 55.7 Å². The largest absolute Gasteiger partial charge is 0.494 e. The molecule has 7 heteroatoms. The van der Waals surface area contributed by atoms with Crippen LogP contribution in [0.1, 0.15) is 33.6 Å². The van der Waals surface area contributed by atoms with E-state index in [0.717, 1.165) is 23.6 Å². The van der Waals surface area contributed by atoms with Crippen LogP contribution in [0.15, 0.2) is 24.3 Å². The third kappa shape index (κ3) is 5.70. The molecular formula is C18H26N4O2S. The SMILES string of the molecule is CCOc1ccc(-c2n[nH]c(=S)n2CCC(=O)NCCC(C)C)cc1. The highest BCUT2D eigenvalue weighted by Crippen LogP contribution is 2.21. The monoisotopic (exact) mass is 362 g/mol. The summed E-state index contributed by atoms with van der Waals surface area (Å²) < 4.78 is 7.82. The lowest BCUT2D eigenvalue weighted by atomic mass is 10.1. The smallest absolute Gasteiger partial charge is 0.221 e. The number of H-pyrrole nitrogens is 1. The molecule has 2 N–H and O–H groups in total. The molecule has 0 bridgehead atoms. The summed E-state index contributed by atoms with van der Waals surface area (Å²) in [6.07, 6.45) is 1.35. The van der Waals surface area contributed by atoms with Crippen molar-refractivity contribution in [2.24, 2.45) is 5.92 Å². The lowest BCUT2D eigenvalue weighted by Crippen LogP contribution is -2.26. The fourth-order valence-corrected chi connectivity index (χ4v) is 2.64. The van der Waals surface area contributed by atoms with Gasteiger partial charge in [0.2, 0.25) is 5.91 Å². The maximum absolute atomic E-state index is 12.0. The van der Waals surface area contributed by atoms with Gasteiger partial charge in [-0.2, -0.15) is 5.10 Å². The van der Waals surface area contributed by atoms with Crippen LogP contribution in [0.3, 0.4) is 0 Å². The molecule has 0 fully saturated rings. The molecule has 136 valence electrons. The molecule has 1 aromatic carbocycles. The van der Waals surface area contributed by atoms with Crippen LogP contribution < -0.4 is 10.1 Å². The fourth-order valence-electron chi connectivity index (χ4n) is 2.41. The lowest BCUT2D eigenvalue weighted by molar-refractivity contribution is -0.121. The molecule has 0 saturated heterocycles. The zero-order valence-electron chi connectivity index (χ0n) is 15.0. The second kappa shape index (κ2) is 9.36. The van der Waals surface area contributed by atoms with Crippen LogP contribution in [0, 0.1) is 10.7 Å². The van der Waals surface area contributed by atoms with E-state index in [9.17, 15) is 4.79 Å². The molecule has 1 heterocycles. The van der Waals surface area contributed by atoms with E-state index in [1.165, 1.54) is 0 Å². The molecule has 1 amide bonds. The Morgan fingerprint density at radius 1 is 1.36 bits per heavy atom. The van der Waals surface area contributed by atoms with E-state index in [1.54, 1.807) is 0 Å². The topological polar surface area (TPSA) is 71.9 Å². The van der Waals surface area contributed by atoms with Crippen molar-refractivity contribution in [1.29, 1.82) is 0 Å². The third-order valence-corrected chi connectivity index (χ3v) is 4.10. The number of carbonyl (C=O) groups is 1. The van der Waals surface area contributed by atoms with Crippen LogP contribution in [0.5, 0.6) is 5.75 Å². The highest BCUT2D eigenvalue weighted by atomic mass is 32.1. The van der Waals surface area contributed by atoms with E-state index in [2.05, 4.69) is 29.4 Å². The summed E-state index contributed by atoms with van der Waals surface area (Å²) in [5, 5.41) is 10.1. The number of amides is 1. The average molecular weight is 362 g/mol. The minimum absolute atomic E-state index is 0.0291. The van der Waals surface area contributed by atoms with Crippen LogP contribution in [0.2, 0.25) is 0 Å². The normalized spacial score (nSPS) is 10.9. The van der Waals surface area contributed by atoms with E-state index in [4.69, 9.17) is 17.0 Å². The number of hydrogen-bond acceptors (Lipinski definition) is 4. The van der Waals surface area contributed by atoms with Crippen molar-refractivity contribution < 1.29 is 9.53 Å². The molecule has 25 heavy (non-hydrogen) atoms. The average Bonchev–Trinajstić information content (AvgIpc) is 2.94. The van der Waals surface area contributed by atoms with Crippen molar-refractivity contribution in [3.05, 3.63) is 29.0 Å². The molecule has 6 nitrogen and oxygen atoms in total. The molecular weight excluding hydrogens is 336 g/mol. The summed E-state index contributed by atoms with van der Waals surface area (Å²) in [4.78, 5) is 12.0. The van der Waals surface area contributed by atoms with Gasteiger partial charge in [-0.15, -0.1) is 0 Å². The molecule has 0 spiro atoms. The van der Waals surface area contributed by atoms with Crippen LogP contribution in [-0.4, -0.2) is 33.8 Å². The first-order valence-electron chi connectivity index (χ1n) is 8.66. The number of benzene rings is 1. The lowest BCUT2D eigenvalue weighted by Gasteiger charge is -2.09. The second-order valence-electron chi connectivity index (χ2n) is 6.24. The molecule has 1 aromatic heterocycles. The van der Waals surface area contributed by atoms with E-state index < -0.39 is 0 Å². The first kappa shape index (κ1) is 19.2. The summed E-state index contributed by atoms with van der Waals surface area (Å²) in [6.45, 7) is 8.06. The number of hydrogen-bond donors (Lipinski definition) is 2. The Morgan fingerprint density at radius 3 is 2.72 bits per heavy atom. The Labute approximate surface area is 153 Å². The molecule has 0 saturated carbocycles. The number of aromatic amines is 1.